The highest BCUT2D eigenvalue weighted by Gasteiger charge is 2.03. The molecule has 1 aromatic heterocycles. The summed E-state index contributed by atoms with van der Waals surface area (Å²) in [5, 5.41) is 12.5. The highest BCUT2D eigenvalue weighted by Crippen LogP contribution is 2.05. The highest BCUT2D eigenvalue weighted by atomic mass is 16.5. The third-order valence-electron chi connectivity index (χ3n) is 2.04. The summed E-state index contributed by atoms with van der Waals surface area (Å²) >= 11 is 0. The third kappa shape index (κ3) is 4.57. The lowest BCUT2D eigenvalue weighted by Gasteiger charge is -2.10. The Morgan fingerprint density at radius 2 is 2.25 bits per heavy atom. The van der Waals surface area contributed by atoms with Crippen LogP contribution in [-0.2, 0) is 11.3 Å². The first-order valence-corrected chi connectivity index (χ1v) is 5.14. The topological polar surface area (TPSA) is 63.6 Å². The van der Waals surface area contributed by atoms with Crippen LogP contribution in [0.5, 0.6) is 5.88 Å². The molecule has 0 bridgehead atoms. The molecule has 0 aliphatic carbocycles. The number of aromatic nitrogens is 1. The zero-order chi connectivity index (χ0) is 11.8. The largest absolute Gasteiger partial charge is 0.481 e. The molecule has 1 aromatic rings. The van der Waals surface area contributed by atoms with Crippen molar-refractivity contribution in [2.24, 2.45) is 0 Å². The molecular weight excluding hydrogens is 208 g/mol. The zero-order valence-corrected chi connectivity index (χ0v) is 9.64. The van der Waals surface area contributed by atoms with Gasteiger partial charge in [-0.05, 0) is 6.07 Å². The summed E-state index contributed by atoms with van der Waals surface area (Å²) in [6.07, 6.45) is -0.490. The minimum atomic E-state index is -0.490. The summed E-state index contributed by atoms with van der Waals surface area (Å²) in [5.74, 6) is 0.594. The van der Waals surface area contributed by atoms with Crippen LogP contribution in [0.1, 0.15) is 5.69 Å². The predicted molar refractivity (Wildman–Crippen MR) is 60.4 cm³/mol. The van der Waals surface area contributed by atoms with Crippen LogP contribution >= 0.6 is 0 Å². The van der Waals surface area contributed by atoms with Gasteiger partial charge in [-0.15, -0.1) is 0 Å². The molecule has 0 saturated heterocycles. The van der Waals surface area contributed by atoms with Crippen LogP contribution in [-0.4, -0.2) is 43.6 Å². The second-order valence-electron chi connectivity index (χ2n) is 3.41. The van der Waals surface area contributed by atoms with Crippen molar-refractivity contribution in [3.8, 4) is 5.88 Å². The lowest BCUT2D eigenvalue weighted by molar-refractivity contribution is 0.0643. The Morgan fingerprint density at radius 1 is 1.44 bits per heavy atom. The van der Waals surface area contributed by atoms with Gasteiger partial charge in [-0.1, -0.05) is 6.07 Å². The summed E-state index contributed by atoms with van der Waals surface area (Å²) in [6.45, 7) is 1.41. The fourth-order valence-corrected chi connectivity index (χ4v) is 1.29. The number of rotatable bonds is 7. The SMILES string of the molecule is COCC(O)CNCc1cccc(OC)n1. The number of aliphatic hydroxyl groups is 1. The summed E-state index contributed by atoms with van der Waals surface area (Å²) in [7, 11) is 3.15. The first kappa shape index (κ1) is 12.9. The van der Waals surface area contributed by atoms with E-state index in [2.05, 4.69) is 10.3 Å². The molecule has 90 valence electrons. The maximum absolute atomic E-state index is 9.40. The molecule has 1 atom stereocenters. The van der Waals surface area contributed by atoms with Gasteiger partial charge in [0.15, 0.2) is 0 Å². The van der Waals surface area contributed by atoms with Crippen LogP contribution in [0, 0.1) is 0 Å². The molecule has 0 saturated carbocycles. The Balaban J connectivity index is 2.31. The maximum Gasteiger partial charge on any atom is 0.213 e. The number of pyridine rings is 1. The minimum Gasteiger partial charge on any atom is -0.481 e. The third-order valence-corrected chi connectivity index (χ3v) is 2.04. The van der Waals surface area contributed by atoms with E-state index in [0.29, 0.717) is 25.6 Å². The van der Waals surface area contributed by atoms with Crippen molar-refractivity contribution in [3.05, 3.63) is 23.9 Å². The standard InChI is InChI=1S/C11H18N2O3/c1-15-8-10(14)7-12-6-9-4-3-5-11(13-9)16-2/h3-5,10,12,14H,6-8H2,1-2H3. The smallest absolute Gasteiger partial charge is 0.213 e. The Kier molecular flexibility index (Phi) is 5.77. The number of nitrogens with zero attached hydrogens (tertiary/aromatic N) is 1. The summed E-state index contributed by atoms with van der Waals surface area (Å²) in [4.78, 5) is 4.24. The molecule has 0 aliphatic rings. The van der Waals surface area contributed by atoms with Gasteiger partial charge in [0, 0.05) is 26.3 Å². The van der Waals surface area contributed by atoms with Crippen LogP contribution in [0.3, 0.4) is 0 Å². The number of aliphatic hydroxyl groups excluding tert-OH is 1. The van der Waals surface area contributed by atoms with Gasteiger partial charge >= 0.3 is 0 Å². The van der Waals surface area contributed by atoms with Gasteiger partial charge < -0.3 is 19.9 Å². The Labute approximate surface area is 95.4 Å². The van der Waals surface area contributed by atoms with Crippen molar-refractivity contribution in [1.29, 1.82) is 0 Å². The molecule has 0 radical (unpaired) electrons. The maximum atomic E-state index is 9.40. The van der Waals surface area contributed by atoms with Crippen molar-refractivity contribution in [1.82, 2.24) is 10.3 Å². The number of ether oxygens (including phenoxy) is 2. The van der Waals surface area contributed by atoms with E-state index in [4.69, 9.17) is 9.47 Å². The molecule has 0 aromatic carbocycles. The molecule has 0 fully saturated rings. The van der Waals surface area contributed by atoms with Crippen LogP contribution < -0.4 is 10.1 Å². The lowest BCUT2D eigenvalue weighted by Crippen LogP contribution is -2.29. The minimum absolute atomic E-state index is 0.332. The Bertz CT molecular complexity index is 307. The molecule has 5 nitrogen and oxygen atoms in total. The first-order valence-electron chi connectivity index (χ1n) is 5.14. The average Bonchev–Trinajstić information content (AvgIpc) is 2.30. The average molecular weight is 226 g/mol. The van der Waals surface area contributed by atoms with Gasteiger partial charge in [0.25, 0.3) is 0 Å². The molecule has 16 heavy (non-hydrogen) atoms. The fraction of sp³-hybridized carbons (Fsp3) is 0.545. The van der Waals surface area contributed by atoms with Crippen molar-refractivity contribution in [2.75, 3.05) is 27.4 Å². The van der Waals surface area contributed by atoms with Gasteiger partial charge in [-0.3, -0.25) is 0 Å². The van der Waals surface area contributed by atoms with Crippen LogP contribution in [0.25, 0.3) is 0 Å². The first-order chi connectivity index (χ1) is 7.76. The molecule has 0 amide bonds. The number of hydrogen-bond donors (Lipinski definition) is 2. The molecule has 2 N–H and O–H groups in total. The summed E-state index contributed by atoms with van der Waals surface area (Å²) in [6, 6.07) is 5.58. The molecular formula is C11H18N2O3. The zero-order valence-electron chi connectivity index (χ0n) is 9.64. The number of nitrogens with one attached hydrogen (secondary N) is 1. The summed E-state index contributed by atoms with van der Waals surface area (Å²) < 4.78 is 9.83. The van der Waals surface area contributed by atoms with E-state index in [0.717, 1.165) is 5.69 Å². The van der Waals surface area contributed by atoms with Crippen molar-refractivity contribution in [2.45, 2.75) is 12.6 Å². The van der Waals surface area contributed by atoms with Gasteiger partial charge in [0.2, 0.25) is 5.88 Å². The molecule has 1 unspecified atom stereocenters. The van der Waals surface area contributed by atoms with Crippen molar-refractivity contribution < 1.29 is 14.6 Å². The van der Waals surface area contributed by atoms with Crippen LogP contribution in [0.4, 0.5) is 0 Å². The van der Waals surface area contributed by atoms with E-state index in [1.807, 2.05) is 12.1 Å². The van der Waals surface area contributed by atoms with E-state index >= 15 is 0 Å². The van der Waals surface area contributed by atoms with Gasteiger partial charge in [-0.2, -0.15) is 0 Å². The fourth-order valence-electron chi connectivity index (χ4n) is 1.29. The van der Waals surface area contributed by atoms with Gasteiger partial charge in [0.1, 0.15) is 0 Å². The van der Waals surface area contributed by atoms with Crippen LogP contribution in [0.2, 0.25) is 0 Å². The van der Waals surface area contributed by atoms with E-state index in [-0.39, 0.29) is 0 Å². The van der Waals surface area contributed by atoms with E-state index < -0.39 is 6.10 Å². The van der Waals surface area contributed by atoms with E-state index in [1.165, 1.54) is 0 Å². The monoisotopic (exact) mass is 226 g/mol. The summed E-state index contributed by atoms with van der Waals surface area (Å²) in [5.41, 5.74) is 0.879. The lowest BCUT2D eigenvalue weighted by atomic mass is 10.3. The molecule has 0 spiro atoms. The molecule has 0 aliphatic heterocycles. The quantitative estimate of drug-likeness (QED) is 0.694. The van der Waals surface area contributed by atoms with Gasteiger partial charge in [-0.25, -0.2) is 4.98 Å². The predicted octanol–water partition coefficient (Wildman–Crippen LogP) is 0.187. The second-order valence-corrected chi connectivity index (χ2v) is 3.41. The van der Waals surface area contributed by atoms with E-state index in [9.17, 15) is 5.11 Å². The van der Waals surface area contributed by atoms with Crippen molar-refractivity contribution in [3.63, 3.8) is 0 Å². The molecule has 1 heterocycles. The normalized spacial score (nSPS) is 12.4. The Morgan fingerprint density at radius 3 is 2.94 bits per heavy atom. The molecule has 1 rings (SSSR count). The van der Waals surface area contributed by atoms with Gasteiger partial charge in [0.05, 0.1) is 25.5 Å². The van der Waals surface area contributed by atoms with Crippen molar-refractivity contribution >= 4 is 0 Å². The van der Waals surface area contributed by atoms with E-state index in [1.54, 1.807) is 20.3 Å². The van der Waals surface area contributed by atoms with Crippen LogP contribution in [0.15, 0.2) is 18.2 Å². The highest BCUT2D eigenvalue weighted by molar-refractivity contribution is 5.15. The number of hydrogen-bond acceptors (Lipinski definition) is 5. The second kappa shape index (κ2) is 7.16. The Hall–Kier alpha value is -1.17. The number of methoxy groups -OCH3 is 2. The molecule has 5 heteroatoms.